The number of nitrogens with one attached hydrogen (secondary N) is 1. The molecule has 1 amide bonds. The fourth-order valence-electron chi connectivity index (χ4n) is 8.69. The summed E-state index contributed by atoms with van der Waals surface area (Å²) >= 11 is 0. The van der Waals surface area contributed by atoms with Gasteiger partial charge in [-0.15, -0.1) is 0 Å². The molecule has 0 aromatic rings. The van der Waals surface area contributed by atoms with Gasteiger partial charge >= 0.3 is 0 Å². The second-order valence-corrected chi connectivity index (χ2v) is 19.7. The molecule has 0 saturated heterocycles. The molecule has 4 heteroatoms. The highest BCUT2D eigenvalue weighted by Gasteiger charge is 2.18. The molecule has 4 nitrogen and oxygen atoms in total. The van der Waals surface area contributed by atoms with Crippen molar-refractivity contribution in [3.05, 3.63) is 85.1 Å². The lowest BCUT2D eigenvalue weighted by Gasteiger charge is -2.19. The zero-order valence-electron chi connectivity index (χ0n) is 44.7. The van der Waals surface area contributed by atoms with Gasteiger partial charge < -0.3 is 15.5 Å². The first-order valence-corrected chi connectivity index (χ1v) is 29.3. The molecule has 0 aromatic heterocycles. The average molecular weight is 933 g/mol. The average Bonchev–Trinajstić information content (AvgIpc) is 3.33. The molecule has 0 aliphatic rings. The fraction of sp³-hybridized carbons (Fsp3) is 0.762. The first-order valence-electron chi connectivity index (χ1n) is 29.3. The Labute approximate surface area is 418 Å². The number of hydrogen-bond acceptors (Lipinski definition) is 3. The molecule has 0 aliphatic heterocycles. The highest BCUT2D eigenvalue weighted by Crippen LogP contribution is 2.17. The second kappa shape index (κ2) is 57.9. The van der Waals surface area contributed by atoms with Crippen molar-refractivity contribution < 1.29 is 15.0 Å². The van der Waals surface area contributed by atoms with Crippen LogP contribution in [0.3, 0.4) is 0 Å². The van der Waals surface area contributed by atoms with E-state index in [9.17, 15) is 15.0 Å². The van der Waals surface area contributed by atoms with Crippen molar-refractivity contribution in [2.75, 3.05) is 6.61 Å². The Morgan fingerprint density at radius 2 is 0.672 bits per heavy atom. The molecule has 0 aromatic carbocycles. The van der Waals surface area contributed by atoms with E-state index in [1.165, 1.54) is 205 Å². The highest BCUT2D eigenvalue weighted by molar-refractivity contribution is 5.76. The lowest BCUT2D eigenvalue weighted by atomic mass is 10.0. The molecule has 0 radical (unpaired) electrons. The summed E-state index contributed by atoms with van der Waals surface area (Å²) in [6.45, 7) is 4.20. The van der Waals surface area contributed by atoms with Gasteiger partial charge in [0.05, 0.1) is 18.8 Å². The van der Waals surface area contributed by atoms with Crippen LogP contribution >= 0.6 is 0 Å². The highest BCUT2D eigenvalue weighted by atomic mass is 16.3. The van der Waals surface area contributed by atoms with E-state index >= 15 is 0 Å². The van der Waals surface area contributed by atoms with Crippen molar-refractivity contribution in [2.24, 2.45) is 0 Å². The smallest absolute Gasteiger partial charge is 0.220 e. The van der Waals surface area contributed by atoms with E-state index in [0.717, 1.165) is 64.2 Å². The van der Waals surface area contributed by atoms with E-state index in [-0.39, 0.29) is 12.5 Å². The molecule has 0 saturated carbocycles. The molecule has 0 rings (SSSR count). The van der Waals surface area contributed by atoms with Crippen molar-refractivity contribution in [1.82, 2.24) is 5.32 Å². The van der Waals surface area contributed by atoms with Crippen molar-refractivity contribution in [2.45, 2.75) is 302 Å². The van der Waals surface area contributed by atoms with Crippen LogP contribution in [0.2, 0.25) is 0 Å². The number of hydrogen-bond donors (Lipinski definition) is 3. The molecular formula is C63H113NO3. The third-order valence-electron chi connectivity index (χ3n) is 13.1. The lowest BCUT2D eigenvalue weighted by Crippen LogP contribution is -2.45. The number of carbonyl (C=O) groups excluding carboxylic acids is 1. The SMILES string of the molecule is CC/C=C\C/C=C\C/C=C\C/C=C\C/C=C\CCCCCCCCCCCCCCCC(=O)NC(CO)C(O)/C=C/CC/C=C/CCCCCCCCCCCCCCCCCCCCCC. The number of amides is 1. The van der Waals surface area contributed by atoms with E-state index < -0.39 is 12.1 Å². The van der Waals surface area contributed by atoms with Gasteiger partial charge in [-0.3, -0.25) is 4.79 Å². The number of aliphatic hydroxyl groups is 2. The summed E-state index contributed by atoms with van der Waals surface area (Å²) in [5.74, 6) is -0.0753. The number of rotatable bonds is 53. The predicted molar refractivity (Wildman–Crippen MR) is 299 cm³/mol. The monoisotopic (exact) mass is 932 g/mol. The quantitative estimate of drug-likeness (QED) is 0.0420. The number of unbranched alkanes of at least 4 members (excludes halogenated alkanes) is 34. The van der Waals surface area contributed by atoms with E-state index in [1.54, 1.807) is 6.08 Å². The number of allylic oxidation sites excluding steroid dienone is 13. The third-order valence-corrected chi connectivity index (χ3v) is 13.1. The van der Waals surface area contributed by atoms with Gasteiger partial charge in [0.15, 0.2) is 0 Å². The maximum atomic E-state index is 12.5. The number of aliphatic hydroxyl groups excluding tert-OH is 2. The van der Waals surface area contributed by atoms with Gasteiger partial charge in [-0.25, -0.2) is 0 Å². The van der Waals surface area contributed by atoms with Crippen LogP contribution in [0.5, 0.6) is 0 Å². The van der Waals surface area contributed by atoms with Crippen molar-refractivity contribution >= 4 is 5.91 Å². The summed E-state index contributed by atoms with van der Waals surface area (Å²) in [4.78, 5) is 12.5. The van der Waals surface area contributed by atoms with Crippen LogP contribution in [0.25, 0.3) is 0 Å². The number of carbonyl (C=O) groups is 1. The summed E-state index contributed by atoms with van der Waals surface area (Å²) in [7, 11) is 0. The Bertz CT molecular complexity index is 1190. The Kier molecular flexibility index (Phi) is 55.8. The Balaban J connectivity index is 3.55. The van der Waals surface area contributed by atoms with E-state index in [4.69, 9.17) is 0 Å². The molecule has 2 atom stereocenters. The van der Waals surface area contributed by atoms with E-state index in [0.29, 0.717) is 6.42 Å². The normalized spacial score (nSPS) is 13.4. The minimum absolute atomic E-state index is 0.0753. The molecule has 0 heterocycles. The Hall–Kier alpha value is -2.43. The zero-order chi connectivity index (χ0) is 48.5. The van der Waals surface area contributed by atoms with Crippen molar-refractivity contribution in [3.63, 3.8) is 0 Å². The van der Waals surface area contributed by atoms with Gasteiger partial charge in [0.1, 0.15) is 0 Å². The molecule has 388 valence electrons. The zero-order valence-corrected chi connectivity index (χ0v) is 44.7. The van der Waals surface area contributed by atoms with Crippen LogP contribution in [0.4, 0.5) is 0 Å². The van der Waals surface area contributed by atoms with Crippen LogP contribution in [-0.2, 0) is 4.79 Å². The Morgan fingerprint density at radius 1 is 0.373 bits per heavy atom. The lowest BCUT2D eigenvalue weighted by molar-refractivity contribution is -0.123. The van der Waals surface area contributed by atoms with Gasteiger partial charge in [-0.05, 0) is 77.0 Å². The Morgan fingerprint density at radius 3 is 1.04 bits per heavy atom. The maximum absolute atomic E-state index is 12.5. The molecule has 0 aliphatic carbocycles. The predicted octanol–water partition coefficient (Wildman–Crippen LogP) is 19.5. The maximum Gasteiger partial charge on any atom is 0.220 e. The largest absolute Gasteiger partial charge is 0.394 e. The molecule has 0 spiro atoms. The molecule has 0 bridgehead atoms. The molecule has 0 fully saturated rings. The standard InChI is InChI=1S/C63H113NO3/c1-3-5-7-9-11-13-15-17-19-21-23-25-27-29-31-32-33-35-37-39-41-43-45-47-49-51-53-55-57-59-63(67)64-61(60-65)62(66)58-56-54-52-50-48-46-44-42-40-38-36-34-30-28-26-24-22-20-18-16-14-12-10-8-6-4-2/h5,7,11,13,17,19,23,25,29,31,48,50,56,58,61-62,65-66H,3-4,6,8-10,12,14-16,18,20-22,24,26-28,30,32-47,49,51-55,57,59-60H2,1-2H3,(H,64,67)/b7-5-,13-11-,19-17-,25-23-,31-29-,50-48+,58-56+. The summed E-state index contributed by atoms with van der Waals surface area (Å²) in [6.07, 6.45) is 84.7. The van der Waals surface area contributed by atoms with Gasteiger partial charge in [-0.2, -0.15) is 0 Å². The fourth-order valence-corrected chi connectivity index (χ4v) is 8.69. The van der Waals surface area contributed by atoms with E-state index in [1.807, 2.05) is 6.08 Å². The van der Waals surface area contributed by atoms with Crippen LogP contribution in [0, 0.1) is 0 Å². The molecule has 3 N–H and O–H groups in total. The summed E-state index contributed by atoms with van der Waals surface area (Å²) < 4.78 is 0. The van der Waals surface area contributed by atoms with Gasteiger partial charge in [0, 0.05) is 6.42 Å². The third kappa shape index (κ3) is 54.4. The summed E-state index contributed by atoms with van der Waals surface area (Å²) in [5.41, 5.74) is 0. The minimum Gasteiger partial charge on any atom is -0.394 e. The minimum atomic E-state index is -0.868. The molecule has 2 unspecified atom stereocenters. The van der Waals surface area contributed by atoms with Crippen molar-refractivity contribution in [1.29, 1.82) is 0 Å². The van der Waals surface area contributed by atoms with Crippen LogP contribution in [0.1, 0.15) is 290 Å². The van der Waals surface area contributed by atoms with Crippen LogP contribution in [-0.4, -0.2) is 34.9 Å². The molecular weight excluding hydrogens is 819 g/mol. The first-order chi connectivity index (χ1) is 33.2. The summed E-state index contributed by atoms with van der Waals surface area (Å²) in [6, 6.07) is -0.645. The van der Waals surface area contributed by atoms with E-state index in [2.05, 4.69) is 92.1 Å². The van der Waals surface area contributed by atoms with Gasteiger partial charge in [-0.1, -0.05) is 292 Å². The van der Waals surface area contributed by atoms with Gasteiger partial charge in [0.25, 0.3) is 0 Å². The van der Waals surface area contributed by atoms with Crippen molar-refractivity contribution in [3.8, 4) is 0 Å². The second-order valence-electron chi connectivity index (χ2n) is 19.7. The first kappa shape index (κ1) is 64.6. The van der Waals surface area contributed by atoms with Crippen LogP contribution < -0.4 is 5.32 Å². The molecule has 67 heavy (non-hydrogen) atoms. The topological polar surface area (TPSA) is 69.6 Å². The summed E-state index contributed by atoms with van der Waals surface area (Å²) in [5, 5.41) is 23.2. The van der Waals surface area contributed by atoms with Gasteiger partial charge in [0.2, 0.25) is 5.91 Å². The van der Waals surface area contributed by atoms with Crippen LogP contribution in [0.15, 0.2) is 85.1 Å².